The first-order valence-corrected chi connectivity index (χ1v) is 8.62. The molecule has 3 rings (SSSR count). The monoisotopic (exact) mass is 343 g/mol. The molecule has 1 aliphatic heterocycles. The highest BCUT2D eigenvalue weighted by atomic mass is 16.2. The largest absolute Gasteiger partial charge is 0.318 e. The Labute approximate surface area is 147 Å². The van der Waals surface area contributed by atoms with E-state index in [-0.39, 0.29) is 11.3 Å². The van der Waals surface area contributed by atoms with E-state index in [4.69, 9.17) is 0 Å². The summed E-state index contributed by atoms with van der Waals surface area (Å²) in [5, 5.41) is 14.4. The van der Waals surface area contributed by atoms with E-state index < -0.39 is 0 Å². The van der Waals surface area contributed by atoms with Gasteiger partial charge in [0.15, 0.2) is 5.69 Å². The molecular formula is C17H25N7O. The summed E-state index contributed by atoms with van der Waals surface area (Å²) in [5.41, 5.74) is 1.56. The van der Waals surface area contributed by atoms with Gasteiger partial charge in [0.25, 0.3) is 5.91 Å². The summed E-state index contributed by atoms with van der Waals surface area (Å²) in [6.45, 7) is 9.94. The second-order valence-electron chi connectivity index (χ2n) is 7.45. The Morgan fingerprint density at radius 2 is 1.88 bits per heavy atom. The lowest BCUT2D eigenvalue weighted by molar-refractivity contribution is 0.102. The van der Waals surface area contributed by atoms with Crippen LogP contribution in [-0.4, -0.2) is 44.0 Å². The van der Waals surface area contributed by atoms with Gasteiger partial charge in [-0.15, -0.1) is 5.10 Å². The molecule has 134 valence electrons. The van der Waals surface area contributed by atoms with Gasteiger partial charge in [-0.25, -0.2) is 14.6 Å². The van der Waals surface area contributed by atoms with Crippen molar-refractivity contribution in [2.75, 3.05) is 18.4 Å². The van der Waals surface area contributed by atoms with E-state index >= 15 is 0 Å². The van der Waals surface area contributed by atoms with E-state index in [1.165, 1.54) is 0 Å². The molecule has 2 aromatic heterocycles. The summed E-state index contributed by atoms with van der Waals surface area (Å²) in [5.74, 6) is 0.448. The van der Waals surface area contributed by atoms with Crippen molar-refractivity contribution in [3.05, 3.63) is 29.6 Å². The maximum absolute atomic E-state index is 12.5. The number of carbonyl (C=O) groups is 1. The average Bonchev–Trinajstić information content (AvgIpc) is 2.97. The molecule has 1 fully saturated rings. The summed E-state index contributed by atoms with van der Waals surface area (Å²) in [4.78, 5) is 21.2. The van der Waals surface area contributed by atoms with Gasteiger partial charge in [0, 0.05) is 5.41 Å². The summed E-state index contributed by atoms with van der Waals surface area (Å²) in [6.07, 6.45) is 5.23. The normalized spacial score (nSPS) is 16.0. The van der Waals surface area contributed by atoms with Crippen molar-refractivity contribution in [1.29, 1.82) is 0 Å². The number of aromatic nitrogens is 5. The lowest BCUT2D eigenvalue weighted by Gasteiger charge is -2.23. The van der Waals surface area contributed by atoms with Crippen LogP contribution in [0.2, 0.25) is 0 Å². The number of piperidine rings is 1. The fraction of sp³-hybridized carbons (Fsp3) is 0.588. The number of amides is 1. The average molecular weight is 343 g/mol. The van der Waals surface area contributed by atoms with Crippen LogP contribution in [0.1, 0.15) is 61.7 Å². The molecule has 3 heterocycles. The first kappa shape index (κ1) is 17.5. The van der Waals surface area contributed by atoms with Gasteiger partial charge in [0.05, 0.1) is 29.8 Å². The van der Waals surface area contributed by atoms with Gasteiger partial charge in [-0.05, 0) is 32.9 Å². The van der Waals surface area contributed by atoms with Crippen LogP contribution >= 0.6 is 0 Å². The SMILES string of the molecule is Cc1c(C(=O)Nc2cnc(C(C)(C)C)nc2)nnn1C1CCNCC1. The van der Waals surface area contributed by atoms with Crippen LogP contribution in [-0.2, 0) is 5.41 Å². The molecule has 0 aromatic carbocycles. The molecule has 2 aromatic rings. The molecule has 0 spiro atoms. The highest BCUT2D eigenvalue weighted by molar-refractivity contribution is 6.03. The number of carbonyl (C=O) groups excluding carboxylic acids is 1. The lowest BCUT2D eigenvalue weighted by atomic mass is 9.96. The molecular weight excluding hydrogens is 318 g/mol. The van der Waals surface area contributed by atoms with Gasteiger partial charge in [-0.1, -0.05) is 26.0 Å². The van der Waals surface area contributed by atoms with Gasteiger partial charge in [0.2, 0.25) is 0 Å². The van der Waals surface area contributed by atoms with Crippen molar-refractivity contribution in [2.24, 2.45) is 0 Å². The first-order chi connectivity index (χ1) is 11.9. The van der Waals surface area contributed by atoms with Gasteiger partial charge >= 0.3 is 0 Å². The van der Waals surface area contributed by atoms with Gasteiger partial charge in [-0.2, -0.15) is 0 Å². The van der Waals surface area contributed by atoms with E-state index in [1.54, 1.807) is 12.4 Å². The van der Waals surface area contributed by atoms with Crippen molar-refractivity contribution in [1.82, 2.24) is 30.3 Å². The Hall–Kier alpha value is -2.35. The van der Waals surface area contributed by atoms with Crippen molar-refractivity contribution in [3.8, 4) is 0 Å². The molecule has 2 N–H and O–H groups in total. The van der Waals surface area contributed by atoms with E-state index in [9.17, 15) is 4.79 Å². The van der Waals surface area contributed by atoms with Gasteiger partial charge < -0.3 is 10.6 Å². The second-order valence-corrected chi connectivity index (χ2v) is 7.45. The highest BCUT2D eigenvalue weighted by Crippen LogP contribution is 2.21. The lowest BCUT2D eigenvalue weighted by Crippen LogP contribution is -2.30. The molecule has 1 aliphatic rings. The molecule has 0 atom stereocenters. The number of rotatable bonds is 3. The molecule has 8 heteroatoms. The van der Waals surface area contributed by atoms with E-state index in [0.29, 0.717) is 17.4 Å². The molecule has 25 heavy (non-hydrogen) atoms. The topological polar surface area (TPSA) is 97.6 Å². The van der Waals surface area contributed by atoms with E-state index in [2.05, 4.69) is 30.9 Å². The quantitative estimate of drug-likeness (QED) is 0.883. The second kappa shape index (κ2) is 6.87. The Morgan fingerprint density at radius 3 is 2.48 bits per heavy atom. The van der Waals surface area contributed by atoms with Crippen LogP contribution in [0.4, 0.5) is 5.69 Å². The number of anilines is 1. The molecule has 1 amide bonds. The maximum Gasteiger partial charge on any atom is 0.278 e. The molecule has 0 aliphatic carbocycles. The van der Waals surface area contributed by atoms with E-state index in [1.807, 2.05) is 32.4 Å². The summed E-state index contributed by atoms with van der Waals surface area (Å²) >= 11 is 0. The zero-order valence-corrected chi connectivity index (χ0v) is 15.2. The third kappa shape index (κ3) is 3.84. The molecule has 0 radical (unpaired) electrons. The minimum absolute atomic E-state index is 0.128. The number of nitrogens with zero attached hydrogens (tertiary/aromatic N) is 5. The number of nitrogens with one attached hydrogen (secondary N) is 2. The van der Waals surface area contributed by atoms with Crippen molar-refractivity contribution < 1.29 is 4.79 Å². The Balaban J connectivity index is 1.72. The zero-order chi connectivity index (χ0) is 18.0. The van der Waals surface area contributed by atoms with Crippen LogP contribution < -0.4 is 10.6 Å². The Morgan fingerprint density at radius 1 is 1.24 bits per heavy atom. The third-order valence-corrected chi connectivity index (χ3v) is 4.38. The number of hydrogen-bond donors (Lipinski definition) is 2. The highest BCUT2D eigenvalue weighted by Gasteiger charge is 2.23. The molecule has 0 bridgehead atoms. The summed E-state index contributed by atoms with van der Waals surface area (Å²) in [7, 11) is 0. The van der Waals surface area contributed by atoms with Crippen molar-refractivity contribution in [3.63, 3.8) is 0 Å². The van der Waals surface area contributed by atoms with Crippen LogP contribution in [0.3, 0.4) is 0 Å². The summed E-state index contributed by atoms with van der Waals surface area (Å²) < 4.78 is 1.87. The minimum atomic E-state index is -0.287. The number of hydrogen-bond acceptors (Lipinski definition) is 6. The maximum atomic E-state index is 12.5. The fourth-order valence-electron chi connectivity index (χ4n) is 2.92. The van der Waals surface area contributed by atoms with Crippen LogP contribution in [0, 0.1) is 6.92 Å². The predicted molar refractivity (Wildman–Crippen MR) is 94.6 cm³/mol. The Bertz CT molecular complexity index is 739. The zero-order valence-electron chi connectivity index (χ0n) is 15.2. The van der Waals surface area contributed by atoms with Crippen molar-refractivity contribution in [2.45, 2.75) is 52.0 Å². The Kier molecular flexibility index (Phi) is 4.80. The standard InChI is InChI=1S/C17H25N7O/c1-11-14(22-23-24(11)13-5-7-18-8-6-13)15(25)21-12-9-19-16(20-10-12)17(2,3)4/h9-10,13,18H,5-8H2,1-4H3,(H,21,25). The smallest absolute Gasteiger partial charge is 0.278 e. The third-order valence-electron chi connectivity index (χ3n) is 4.38. The van der Waals surface area contributed by atoms with Crippen molar-refractivity contribution >= 4 is 11.6 Å². The van der Waals surface area contributed by atoms with Gasteiger partial charge in [-0.3, -0.25) is 4.79 Å². The fourth-order valence-corrected chi connectivity index (χ4v) is 2.92. The van der Waals surface area contributed by atoms with Crippen LogP contribution in [0.15, 0.2) is 12.4 Å². The van der Waals surface area contributed by atoms with Crippen LogP contribution in [0.25, 0.3) is 0 Å². The van der Waals surface area contributed by atoms with E-state index in [0.717, 1.165) is 37.4 Å². The minimum Gasteiger partial charge on any atom is -0.318 e. The molecule has 0 unspecified atom stereocenters. The first-order valence-electron chi connectivity index (χ1n) is 8.62. The predicted octanol–water partition coefficient (Wildman–Crippen LogP) is 1.85. The molecule has 8 nitrogen and oxygen atoms in total. The van der Waals surface area contributed by atoms with Gasteiger partial charge in [0.1, 0.15) is 5.82 Å². The summed E-state index contributed by atoms with van der Waals surface area (Å²) in [6, 6.07) is 0.296. The molecule has 1 saturated heterocycles. The molecule has 0 saturated carbocycles. The van der Waals surface area contributed by atoms with Crippen LogP contribution in [0.5, 0.6) is 0 Å².